The lowest BCUT2D eigenvalue weighted by Gasteiger charge is -2.04. The molecule has 0 saturated carbocycles. The first kappa shape index (κ1) is 9.42. The summed E-state index contributed by atoms with van der Waals surface area (Å²) in [4.78, 5) is 7.93. The Morgan fingerprint density at radius 1 is 1.50 bits per heavy atom. The Balaban J connectivity index is 2.58. The van der Waals surface area contributed by atoms with Crippen LogP contribution in [0.4, 0.5) is 0 Å². The third kappa shape index (κ3) is 2.75. The van der Waals surface area contributed by atoms with Crippen LogP contribution in [0.1, 0.15) is 19.2 Å². The molecular formula is C8H11ClN2O. The van der Waals surface area contributed by atoms with E-state index in [0.29, 0.717) is 23.7 Å². The molecule has 0 fully saturated rings. The fourth-order valence-corrected chi connectivity index (χ4v) is 0.897. The molecule has 0 spiro atoms. The fourth-order valence-electron chi connectivity index (χ4n) is 0.800. The highest BCUT2D eigenvalue weighted by atomic mass is 35.5. The van der Waals surface area contributed by atoms with Gasteiger partial charge in [-0.1, -0.05) is 18.5 Å². The van der Waals surface area contributed by atoms with E-state index in [1.54, 1.807) is 0 Å². The van der Waals surface area contributed by atoms with E-state index in [1.165, 1.54) is 12.4 Å². The zero-order chi connectivity index (χ0) is 8.97. The van der Waals surface area contributed by atoms with Crippen LogP contribution < -0.4 is 0 Å². The Kier molecular flexibility index (Phi) is 3.44. The molecule has 1 aromatic heterocycles. The molecule has 0 amide bonds. The zero-order valence-electron chi connectivity index (χ0n) is 6.87. The molecule has 1 aromatic rings. The average Bonchev–Trinajstić information content (AvgIpc) is 2.09. The van der Waals surface area contributed by atoms with Gasteiger partial charge >= 0.3 is 0 Å². The van der Waals surface area contributed by atoms with Gasteiger partial charge in [-0.25, -0.2) is 9.97 Å². The molecular weight excluding hydrogens is 176 g/mol. The van der Waals surface area contributed by atoms with Crippen LogP contribution in [0.15, 0.2) is 12.4 Å². The lowest BCUT2D eigenvalue weighted by molar-refractivity contribution is 0.168. The Morgan fingerprint density at radius 3 is 2.58 bits per heavy atom. The number of aliphatic hydroxyl groups excluding tert-OH is 1. The molecule has 0 radical (unpaired) electrons. The first-order valence-electron chi connectivity index (χ1n) is 3.87. The predicted molar refractivity (Wildman–Crippen MR) is 47.0 cm³/mol. The summed E-state index contributed by atoms with van der Waals surface area (Å²) in [5.74, 6) is 0.633. The summed E-state index contributed by atoms with van der Waals surface area (Å²) in [6, 6.07) is 0. The highest BCUT2D eigenvalue weighted by molar-refractivity contribution is 6.30. The topological polar surface area (TPSA) is 46.0 Å². The van der Waals surface area contributed by atoms with Crippen molar-refractivity contribution in [1.82, 2.24) is 9.97 Å². The molecule has 1 atom stereocenters. The lowest BCUT2D eigenvalue weighted by Crippen LogP contribution is -2.10. The summed E-state index contributed by atoms with van der Waals surface area (Å²) in [7, 11) is 0. The smallest absolute Gasteiger partial charge is 0.130 e. The third-order valence-corrected chi connectivity index (χ3v) is 1.76. The molecule has 0 aliphatic rings. The first-order chi connectivity index (χ1) is 5.72. The minimum atomic E-state index is -0.355. The van der Waals surface area contributed by atoms with Gasteiger partial charge in [-0.2, -0.15) is 0 Å². The number of rotatable bonds is 3. The highest BCUT2D eigenvalue weighted by Gasteiger charge is 2.04. The molecule has 0 saturated heterocycles. The maximum Gasteiger partial charge on any atom is 0.130 e. The van der Waals surface area contributed by atoms with Crippen molar-refractivity contribution in [3.63, 3.8) is 0 Å². The summed E-state index contributed by atoms with van der Waals surface area (Å²) in [5, 5.41) is 9.79. The minimum absolute atomic E-state index is 0.355. The third-order valence-electron chi connectivity index (χ3n) is 1.56. The quantitative estimate of drug-likeness (QED) is 0.777. The van der Waals surface area contributed by atoms with Gasteiger partial charge in [0.15, 0.2) is 0 Å². The van der Waals surface area contributed by atoms with Crippen molar-refractivity contribution in [2.75, 3.05) is 0 Å². The molecule has 4 heteroatoms. The molecule has 1 heterocycles. The van der Waals surface area contributed by atoms with E-state index >= 15 is 0 Å². The zero-order valence-corrected chi connectivity index (χ0v) is 7.62. The summed E-state index contributed by atoms with van der Waals surface area (Å²) in [5.41, 5.74) is 0. The number of nitrogens with zero attached hydrogens (tertiary/aromatic N) is 2. The van der Waals surface area contributed by atoms with Crippen LogP contribution in [-0.4, -0.2) is 21.2 Å². The van der Waals surface area contributed by atoms with Crippen LogP contribution in [0.3, 0.4) is 0 Å². The molecule has 0 bridgehead atoms. The first-order valence-corrected chi connectivity index (χ1v) is 4.24. The maximum atomic E-state index is 9.27. The van der Waals surface area contributed by atoms with Gasteiger partial charge in [0, 0.05) is 18.8 Å². The van der Waals surface area contributed by atoms with E-state index in [1.807, 2.05) is 6.92 Å². The molecule has 12 heavy (non-hydrogen) atoms. The normalized spacial score (nSPS) is 12.9. The monoisotopic (exact) mass is 186 g/mol. The largest absolute Gasteiger partial charge is 0.393 e. The van der Waals surface area contributed by atoms with Crippen LogP contribution in [0, 0.1) is 0 Å². The van der Waals surface area contributed by atoms with E-state index in [4.69, 9.17) is 11.6 Å². The van der Waals surface area contributed by atoms with E-state index in [0.717, 1.165) is 0 Å². The molecule has 0 aliphatic heterocycles. The lowest BCUT2D eigenvalue weighted by atomic mass is 10.2. The van der Waals surface area contributed by atoms with Crippen LogP contribution in [0.2, 0.25) is 5.02 Å². The van der Waals surface area contributed by atoms with Gasteiger partial charge in [-0.15, -0.1) is 0 Å². The van der Waals surface area contributed by atoms with Crippen molar-refractivity contribution >= 4 is 11.6 Å². The van der Waals surface area contributed by atoms with Gasteiger partial charge in [0.05, 0.1) is 11.1 Å². The second kappa shape index (κ2) is 4.38. The highest BCUT2D eigenvalue weighted by Crippen LogP contribution is 2.05. The van der Waals surface area contributed by atoms with Gasteiger partial charge in [0.25, 0.3) is 0 Å². The Morgan fingerprint density at radius 2 is 2.08 bits per heavy atom. The van der Waals surface area contributed by atoms with Crippen molar-refractivity contribution in [3.8, 4) is 0 Å². The van der Waals surface area contributed by atoms with Crippen molar-refractivity contribution < 1.29 is 5.11 Å². The second-order valence-electron chi connectivity index (χ2n) is 2.58. The SMILES string of the molecule is CCC(O)Cc1ncc(Cl)cn1. The molecule has 0 aromatic carbocycles. The van der Waals surface area contributed by atoms with Crippen LogP contribution in [-0.2, 0) is 6.42 Å². The predicted octanol–water partition coefficient (Wildman–Crippen LogP) is 1.44. The maximum absolute atomic E-state index is 9.27. The van der Waals surface area contributed by atoms with Crippen LogP contribution in [0.25, 0.3) is 0 Å². The number of halogens is 1. The van der Waals surface area contributed by atoms with Gasteiger partial charge in [-0.3, -0.25) is 0 Å². The fraction of sp³-hybridized carbons (Fsp3) is 0.500. The van der Waals surface area contributed by atoms with Crippen molar-refractivity contribution in [1.29, 1.82) is 0 Å². The van der Waals surface area contributed by atoms with E-state index in [9.17, 15) is 5.11 Å². The van der Waals surface area contributed by atoms with E-state index < -0.39 is 0 Å². The average molecular weight is 187 g/mol. The van der Waals surface area contributed by atoms with Crippen LogP contribution >= 0.6 is 11.6 Å². The van der Waals surface area contributed by atoms with Crippen molar-refractivity contribution in [3.05, 3.63) is 23.2 Å². The van der Waals surface area contributed by atoms with Gasteiger partial charge < -0.3 is 5.11 Å². The molecule has 1 rings (SSSR count). The van der Waals surface area contributed by atoms with E-state index in [-0.39, 0.29) is 6.10 Å². The number of aliphatic hydroxyl groups is 1. The molecule has 66 valence electrons. The minimum Gasteiger partial charge on any atom is -0.393 e. The molecule has 1 N–H and O–H groups in total. The van der Waals surface area contributed by atoms with Crippen LogP contribution in [0.5, 0.6) is 0 Å². The number of hydrogen-bond acceptors (Lipinski definition) is 3. The van der Waals surface area contributed by atoms with Gasteiger partial charge in [0.1, 0.15) is 5.82 Å². The van der Waals surface area contributed by atoms with Gasteiger partial charge in [0.2, 0.25) is 0 Å². The summed E-state index contributed by atoms with van der Waals surface area (Å²) in [6.45, 7) is 1.92. The Hall–Kier alpha value is -0.670. The number of aromatic nitrogens is 2. The van der Waals surface area contributed by atoms with E-state index in [2.05, 4.69) is 9.97 Å². The standard InChI is InChI=1S/C8H11ClN2O/c1-2-7(12)3-8-10-4-6(9)5-11-8/h4-5,7,12H,2-3H2,1H3. The van der Waals surface area contributed by atoms with Gasteiger partial charge in [-0.05, 0) is 6.42 Å². The second-order valence-corrected chi connectivity index (χ2v) is 3.02. The van der Waals surface area contributed by atoms with Crippen molar-refractivity contribution in [2.24, 2.45) is 0 Å². The number of hydrogen-bond donors (Lipinski definition) is 1. The summed E-state index contributed by atoms with van der Waals surface area (Å²) < 4.78 is 0. The molecule has 0 aliphatic carbocycles. The summed E-state index contributed by atoms with van der Waals surface area (Å²) in [6.07, 6.45) is 3.92. The molecule has 3 nitrogen and oxygen atoms in total. The van der Waals surface area contributed by atoms with Crippen molar-refractivity contribution in [2.45, 2.75) is 25.9 Å². The molecule has 1 unspecified atom stereocenters. The Labute approximate surface area is 76.4 Å². The Bertz CT molecular complexity index is 237. The summed E-state index contributed by atoms with van der Waals surface area (Å²) >= 11 is 5.59.